The zero-order chi connectivity index (χ0) is 22.1. The van der Waals surface area contributed by atoms with E-state index in [2.05, 4.69) is 20.6 Å². The van der Waals surface area contributed by atoms with Crippen molar-refractivity contribution >= 4 is 40.6 Å². The molecule has 3 rings (SSSR count). The molecule has 0 spiro atoms. The van der Waals surface area contributed by atoms with Crippen LogP contribution in [0.2, 0.25) is 5.02 Å². The van der Waals surface area contributed by atoms with Crippen molar-refractivity contribution in [1.29, 1.82) is 0 Å². The van der Waals surface area contributed by atoms with E-state index in [-0.39, 0.29) is 18.5 Å². The molecule has 8 nitrogen and oxygen atoms in total. The van der Waals surface area contributed by atoms with Crippen LogP contribution in [0.1, 0.15) is 21.1 Å². The highest BCUT2D eigenvalue weighted by Gasteiger charge is 2.18. The van der Waals surface area contributed by atoms with Gasteiger partial charge in [0, 0.05) is 48.7 Å². The SMILES string of the molecule is COCCN(Cc1nc(C(=O)NCc2ccncc2)cs1)C(=O)Nc1ccc(Cl)cc1. The van der Waals surface area contributed by atoms with Crippen molar-refractivity contribution in [3.63, 3.8) is 0 Å². The number of anilines is 1. The molecule has 0 bridgehead atoms. The average molecular weight is 460 g/mol. The number of nitrogens with one attached hydrogen (secondary N) is 2. The zero-order valence-electron chi connectivity index (χ0n) is 16.9. The van der Waals surface area contributed by atoms with Crippen molar-refractivity contribution < 1.29 is 14.3 Å². The molecule has 0 unspecified atom stereocenters. The standard InChI is InChI=1S/C21H22ClN5O3S/c1-30-11-10-27(21(29)25-17-4-2-16(22)3-5-17)13-19-26-18(14-31-19)20(28)24-12-15-6-8-23-9-7-15/h2-9,14H,10-13H2,1H3,(H,24,28)(H,25,29). The quantitative estimate of drug-likeness (QED) is 0.507. The van der Waals surface area contributed by atoms with Gasteiger partial charge in [0.2, 0.25) is 0 Å². The molecule has 3 amide bonds. The van der Waals surface area contributed by atoms with E-state index >= 15 is 0 Å². The van der Waals surface area contributed by atoms with Crippen LogP contribution in [0.3, 0.4) is 0 Å². The number of hydrogen-bond acceptors (Lipinski definition) is 6. The van der Waals surface area contributed by atoms with E-state index in [1.165, 1.54) is 11.3 Å². The van der Waals surface area contributed by atoms with Crippen LogP contribution < -0.4 is 10.6 Å². The Morgan fingerprint density at radius 2 is 1.90 bits per heavy atom. The first kappa shape index (κ1) is 22.7. The van der Waals surface area contributed by atoms with Crippen LogP contribution in [0.5, 0.6) is 0 Å². The number of urea groups is 1. The molecule has 2 aromatic heterocycles. The van der Waals surface area contributed by atoms with Crippen LogP contribution in [0.15, 0.2) is 54.2 Å². The third-order valence-electron chi connectivity index (χ3n) is 4.26. The van der Waals surface area contributed by atoms with Gasteiger partial charge in [-0.05, 0) is 42.0 Å². The summed E-state index contributed by atoms with van der Waals surface area (Å²) in [5.41, 5.74) is 1.90. The number of rotatable bonds is 9. The van der Waals surface area contributed by atoms with Gasteiger partial charge in [0.25, 0.3) is 5.91 Å². The number of methoxy groups -OCH3 is 1. The minimum Gasteiger partial charge on any atom is -0.383 e. The fourth-order valence-corrected chi connectivity index (χ4v) is 3.53. The van der Waals surface area contributed by atoms with Gasteiger partial charge in [0.15, 0.2) is 0 Å². The molecule has 0 aliphatic heterocycles. The molecule has 2 N–H and O–H groups in total. The van der Waals surface area contributed by atoms with E-state index in [0.717, 1.165) is 5.56 Å². The highest BCUT2D eigenvalue weighted by atomic mass is 35.5. The number of halogens is 1. The van der Waals surface area contributed by atoms with Crippen LogP contribution in [0.4, 0.5) is 10.5 Å². The van der Waals surface area contributed by atoms with Gasteiger partial charge >= 0.3 is 6.03 Å². The zero-order valence-corrected chi connectivity index (χ0v) is 18.4. The van der Waals surface area contributed by atoms with Crippen LogP contribution in [0.25, 0.3) is 0 Å². The van der Waals surface area contributed by atoms with Gasteiger partial charge in [-0.25, -0.2) is 9.78 Å². The van der Waals surface area contributed by atoms with E-state index in [1.54, 1.807) is 54.0 Å². The lowest BCUT2D eigenvalue weighted by molar-refractivity contribution is 0.0946. The van der Waals surface area contributed by atoms with Gasteiger partial charge in [-0.1, -0.05) is 11.6 Å². The molecule has 0 saturated heterocycles. The largest absolute Gasteiger partial charge is 0.383 e. The summed E-state index contributed by atoms with van der Waals surface area (Å²) in [4.78, 5) is 35.0. The van der Waals surface area contributed by atoms with E-state index in [0.29, 0.717) is 41.1 Å². The fraction of sp³-hybridized carbons (Fsp3) is 0.238. The Balaban J connectivity index is 1.60. The Hall–Kier alpha value is -3.01. The van der Waals surface area contributed by atoms with E-state index in [1.807, 2.05) is 12.1 Å². The molecule has 0 radical (unpaired) electrons. The van der Waals surface area contributed by atoms with E-state index in [9.17, 15) is 9.59 Å². The number of nitrogens with zero attached hydrogens (tertiary/aromatic N) is 3. The van der Waals surface area contributed by atoms with Gasteiger partial charge < -0.3 is 20.3 Å². The number of amides is 3. The van der Waals surface area contributed by atoms with Crippen LogP contribution in [0, 0.1) is 0 Å². The van der Waals surface area contributed by atoms with Gasteiger partial charge in [-0.2, -0.15) is 0 Å². The lowest BCUT2D eigenvalue weighted by Crippen LogP contribution is -2.36. The summed E-state index contributed by atoms with van der Waals surface area (Å²) in [6, 6.07) is 10.2. The first-order valence-electron chi connectivity index (χ1n) is 9.47. The number of thiazole rings is 1. The third kappa shape index (κ3) is 7.02. The number of carbonyl (C=O) groups excluding carboxylic acids is 2. The van der Waals surface area contributed by atoms with Crippen molar-refractivity contribution in [2.24, 2.45) is 0 Å². The second-order valence-corrected chi connectivity index (χ2v) is 7.90. The number of hydrogen-bond donors (Lipinski definition) is 2. The van der Waals surface area contributed by atoms with Crippen LogP contribution in [-0.4, -0.2) is 47.1 Å². The Kier molecular flexibility index (Phi) is 8.34. The molecule has 0 aliphatic carbocycles. The maximum atomic E-state index is 12.7. The average Bonchev–Trinajstić information content (AvgIpc) is 3.26. The second-order valence-electron chi connectivity index (χ2n) is 6.52. The first-order valence-corrected chi connectivity index (χ1v) is 10.7. The van der Waals surface area contributed by atoms with Crippen molar-refractivity contribution in [1.82, 2.24) is 20.2 Å². The number of pyridine rings is 1. The molecule has 0 atom stereocenters. The van der Waals surface area contributed by atoms with Crippen LogP contribution in [-0.2, 0) is 17.8 Å². The van der Waals surface area contributed by atoms with E-state index < -0.39 is 0 Å². The van der Waals surface area contributed by atoms with E-state index in [4.69, 9.17) is 16.3 Å². The van der Waals surface area contributed by atoms with Crippen LogP contribution >= 0.6 is 22.9 Å². The number of benzene rings is 1. The number of carbonyl (C=O) groups is 2. The summed E-state index contributed by atoms with van der Waals surface area (Å²) >= 11 is 7.21. The third-order valence-corrected chi connectivity index (χ3v) is 5.35. The molecular weight excluding hydrogens is 438 g/mol. The monoisotopic (exact) mass is 459 g/mol. The maximum absolute atomic E-state index is 12.7. The van der Waals surface area contributed by atoms with Crippen molar-refractivity contribution in [3.05, 3.63) is 75.5 Å². The first-order chi connectivity index (χ1) is 15.0. The maximum Gasteiger partial charge on any atom is 0.322 e. The molecule has 162 valence electrons. The summed E-state index contributed by atoms with van der Waals surface area (Å²) in [6.45, 7) is 1.39. The molecular formula is C21H22ClN5O3S. The lowest BCUT2D eigenvalue weighted by Gasteiger charge is -2.21. The highest BCUT2D eigenvalue weighted by molar-refractivity contribution is 7.09. The highest BCUT2D eigenvalue weighted by Crippen LogP contribution is 2.16. The molecule has 31 heavy (non-hydrogen) atoms. The second kappa shape index (κ2) is 11.4. The molecule has 3 aromatic rings. The van der Waals surface area contributed by atoms with Crippen molar-refractivity contribution in [2.75, 3.05) is 25.6 Å². The molecule has 10 heteroatoms. The lowest BCUT2D eigenvalue weighted by atomic mass is 10.2. The van der Waals surface area contributed by atoms with Crippen molar-refractivity contribution in [3.8, 4) is 0 Å². The van der Waals surface area contributed by atoms with Gasteiger partial charge in [-0.15, -0.1) is 11.3 Å². The predicted octanol–water partition coefficient (Wildman–Crippen LogP) is 3.80. The fourth-order valence-electron chi connectivity index (χ4n) is 2.61. The normalized spacial score (nSPS) is 10.5. The topological polar surface area (TPSA) is 96.4 Å². The van der Waals surface area contributed by atoms with Gasteiger partial charge in [0.1, 0.15) is 10.7 Å². The Morgan fingerprint density at radius 3 is 2.61 bits per heavy atom. The molecule has 0 fully saturated rings. The molecule has 0 saturated carbocycles. The summed E-state index contributed by atoms with van der Waals surface area (Å²) in [5.74, 6) is -0.270. The number of aromatic nitrogens is 2. The minimum absolute atomic E-state index is 0.255. The van der Waals surface area contributed by atoms with Crippen molar-refractivity contribution in [2.45, 2.75) is 13.1 Å². The summed E-state index contributed by atoms with van der Waals surface area (Å²) in [5, 5.41) is 8.58. The summed E-state index contributed by atoms with van der Waals surface area (Å²) in [7, 11) is 1.57. The minimum atomic E-state index is -0.293. The molecule has 2 heterocycles. The van der Waals surface area contributed by atoms with Gasteiger partial charge in [-0.3, -0.25) is 9.78 Å². The molecule has 1 aromatic carbocycles. The van der Waals surface area contributed by atoms with Gasteiger partial charge in [0.05, 0.1) is 13.2 Å². The summed E-state index contributed by atoms with van der Waals surface area (Å²) in [6.07, 6.45) is 3.35. The predicted molar refractivity (Wildman–Crippen MR) is 120 cm³/mol. The Morgan fingerprint density at radius 1 is 1.16 bits per heavy atom. The smallest absolute Gasteiger partial charge is 0.322 e. The number of ether oxygens (including phenoxy) is 1. The Labute approximate surface area is 189 Å². The molecule has 0 aliphatic rings. The summed E-state index contributed by atoms with van der Waals surface area (Å²) < 4.78 is 5.12. The Bertz CT molecular complexity index is 998.